The van der Waals surface area contributed by atoms with Crippen LogP contribution in [-0.4, -0.2) is 25.0 Å². The molecule has 1 fully saturated rings. The van der Waals surface area contributed by atoms with Crippen LogP contribution in [0.15, 0.2) is 64.2 Å². The molecular formula is C22H21N5OS. The molecule has 0 bridgehead atoms. The van der Waals surface area contributed by atoms with Gasteiger partial charge in [-0.3, -0.25) is 4.57 Å². The largest absolute Gasteiger partial charge is 0.419 e. The first-order chi connectivity index (χ1) is 14.2. The molecule has 1 aliphatic carbocycles. The summed E-state index contributed by atoms with van der Waals surface area (Å²) in [5.41, 5.74) is 3.18. The molecule has 2 heterocycles. The van der Waals surface area contributed by atoms with Gasteiger partial charge < -0.3 is 4.42 Å². The smallest absolute Gasteiger partial charge is 0.247 e. The van der Waals surface area contributed by atoms with Gasteiger partial charge in [0.1, 0.15) is 5.82 Å². The zero-order valence-corrected chi connectivity index (χ0v) is 17.1. The van der Waals surface area contributed by atoms with Gasteiger partial charge in [-0.05, 0) is 51.0 Å². The summed E-state index contributed by atoms with van der Waals surface area (Å²) in [6.45, 7) is 4.10. The van der Waals surface area contributed by atoms with Gasteiger partial charge in [0.2, 0.25) is 11.8 Å². The number of benzene rings is 2. The highest BCUT2D eigenvalue weighted by molar-refractivity contribution is 7.99. The van der Waals surface area contributed by atoms with Crippen LogP contribution in [-0.2, 0) is 0 Å². The first kappa shape index (κ1) is 18.1. The Morgan fingerprint density at radius 3 is 2.59 bits per heavy atom. The van der Waals surface area contributed by atoms with E-state index in [-0.39, 0.29) is 5.25 Å². The van der Waals surface area contributed by atoms with Gasteiger partial charge in [-0.15, -0.1) is 20.4 Å². The van der Waals surface area contributed by atoms with Crippen molar-refractivity contribution in [2.75, 3.05) is 0 Å². The first-order valence-corrected chi connectivity index (χ1v) is 10.6. The van der Waals surface area contributed by atoms with Crippen molar-refractivity contribution in [3.63, 3.8) is 0 Å². The van der Waals surface area contributed by atoms with Crippen LogP contribution in [0, 0.1) is 6.92 Å². The van der Waals surface area contributed by atoms with Crippen LogP contribution in [0.3, 0.4) is 0 Å². The molecule has 7 heteroatoms. The summed E-state index contributed by atoms with van der Waals surface area (Å²) >= 11 is 1.59. The average Bonchev–Trinajstić information content (AvgIpc) is 3.31. The number of thioether (sulfide) groups is 1. The molecule has 5 rings (SSSR count). The average molecular weight is 404 g/mol. The van der Waals surface area contributed by atoms with Crippen LogP contribution < -0.4 is 0 Å². The molecular weight excluding hydrogens is 382 g/mol. The molecule has 4 aromatic rings. The molecule has 0 unspecified atom stereocenters. The Labute approximate surface area is 173 Å². The maximum atomic E-state index is 5.97. The van der Waals surface area contributed by atoms with Crippen LogP contribution in [0.2, 0.25) is 0 Å². The lowest BCUT2D eigenvalue weighted by molar-refractivity contribution is 0.509. The molecule has 0 saturated heterocycles. The first-order valence-electron chi connectivity index (χ1n) is 9.77. The Bertz CT molecular complexity index is 1130. The van der Waals surface area contributed by atoms with E-state index in [1.165, 1.54) is 12.8 Å². The number of hydrogen-bond donors (Lipinski definition) is 0. The van der Waals surface area contributed by atoms with E-state index in [2.05, 4.69) is 44.0 Å². The molecule has 1 aliphatic rings. The normalized spacial score (nSPS) is 14.8. The third-order valence-corrected chi connectivity index (χ3v) is 5.98. The maximum absolute atomic E-state index is 5.97. The van der Waals surface area contributed by atoms with Crippen molar-refractivity contribution in [1.82, 2.24) is 25.0 Å². The number of aryl methyl sites for hydroxylation is 1. The number of nitrogens with zero attached hydrogens (tertiary/aromatic N) is 5. The van der Waals surface area contributed by atoms with Gasteiger partial charge in [-0.2, -0.15) is 0 Å². The van der Waals surface area contributed by atoms with Crippen LogP contribution in [0.25, 0.3) is 17.1 Å². The van der Waals surface area contributed by atoms with E-state index < -0.39 is 0 Å². The zero-order valence-electron chi connectivity index (χ0n) is 16.3. The molecule has 6 nitrogen and oxygen atoms in total. The molecule has 0 amide bonds. The predicted octanol–water partition coefficient (Wildman–Crippen LogP) is 5.36. The van der Waals surface area contributed by atoms with Gasteiger partial charge in [-0.1, -0.05) is 47.7 Å². The van der Waals surface area contributed by atoms with Gasteiger partial charge in [0, 0.05) is 17.2 Å². The van der Waals surface area contributed by atoms with Crippen LogP contribution in [0.5, 0.6) is 0 Å². The summed E-state index contributed by atoms with van der Waals surface area (Å²) in [4.78, 5) is 0. The number of para-hydroxylation sites is 1. The van der Waals surface area contributed by atoms with E-state index in [9.17, 15) is 0 Å². The summed E-state index contributed by atoms with van der Waals surface area (Å²) in [5, 5.41) is 18.3. The molecule has 0 radical (unpaired) electrons. The lowest BCUT2D eigenvalue weighted by Crippen LogP contribution is -2.02. The molecule has 2 aromatic carbocycles. The van der Waals surface area contributed by atoms with Crippen molar-refractivity contribution in [2.24, 2.45) is 0 Å². The van der Waals surface area contributed by atoms with Crippen molar-refractivity contribution in [3.05, 3.63) is 71.9 Å². The highest BCUT2D eigenvalue weighted by atomic mass is 32.2. The van der Waals surface area contributed by atoms with E-state index in [1.807, 2.05) is 49.4 Å². The highest BCUT2D eigenvalue weighted by Crippen LogP contribution is 2.43. The van der Waals surface area contributed by atoms with E-state index in [1.54, 1.807) is 11.8 Å². The molecule has 1 atom stereocenters. The van der Waals surface area contributed by atoms with Crippen LogP contribution >= 0.6 is 11.8 Å². The third kappa shape index (κ3) is 3.70. The second-order valence-electron chi connectivity index (χ2n) is 7.36. The fourth-order valence-electron chi connectivity index (χ4n) is 3.29. The molecule has 1 saturated carbocycles. The van der Waals surface area contributed by atoms with Gasteiger partial charge in [0.05, 0.1) is 5.25 Å². The summed E-state index contributed by atoms with van der Waals surface area (Å²) in [7, 11) is 0. The van der Waals surface area contributed by atoms with Crippen molar-refractivity contribution in [1.29, 1.82) is 0 Å². The predicted molar refractivity (Wildman–Crippen MR) is 112 cm³/mol. The van der Waals surface area contributed by atoms with E-state index in [4.69, 9.17) is 4.42 Å². The van der Waals surface area contributed by atoms with Crippen LogP contribution in [0.1, 0.15) is 48.2 Å². The van der Waals surface area contributed by atoms with Gasteiger partial charge in [0.15, 0.2) is 5.16 Å². The van der Waals surface area contributed by atoms with E-state index in [0.717, 1.165) is 27.8 Å². The van der Waals surface area contributed by atoms with Crippen LogP contribution in [0.4, 0.5) is 0 Å². The van der Waals surface area contributed by atoms with E-state index in [0.29, 0.717) is 17.7 Å². The number of hydrogen-bond acceptors (Lipinski definition) is 6. The Kier molecular flexibility index (Phi) is 4.67. The molecule has 146 valence electrons. The van der Waals surface area contributed by atoms with Crippen molar-refractivity contribution < 1.29 is 4.42 Å². The van der Waals surface area contributed by atoms with Gasteiger partial charge >= 0.3 is 0 Å². The minimum atomic E-state index is -0.0419. The van der Waals surface area contributed by atoms with Crippen molar-refractivity contribution in [2.45, 2.75) is 43.0 Å². The third-order valence-electron chi connectivity index (χ3n) is 4.95. The lowest BCUT2D eigenvalue weighted by Gasteiger charge is -2.11. The summed E-state index contributed by atoms with van der Waals surface area (Å²) in [6.07, 6.45) is 2.35. The maximum Gasteiger partial charge on any atom is 0.247 e. The van der Waals surface area contributed by atoms with Gasteiger partial charge in [-0.25, -0.2) is 0 Å². The number of rotatable bonds is 6. The standard InChI is InChI=1S/C22H21N5OS/c1-14-7-6-8-17(13-14)21-25-24-20(28-21)15(2)29-22-26-23-19(16-11-12-16)27(22)18-9-4-3-5-10-18/h3-10,13,15-16H,11-12H2,1-2H3/t15-/m0/s1. The Morgan fingerprint density at radius 1 is 1.00 bits per heavy atom. The summed E-state index contributed by atoms with van der Waals surface area (Å²) in [6, 6.07) is 18.3. The second kappa shape index (κ2) is 7.48. The van der Waals surface area contributed by atoms with E-state index >= 15 is 0 Å². The molecule has 2 aromatic heterocycles. The Hall–Kier alpha value is -2.93. The second-order valence-corrected chi connectivity index (χ2v) is 8.67. The summed E-state index contributed by atoms with van der Waals surface area (Å²) in [5.74, 6) is 2.67. The Balaban J connectivity index is 1.42. The molecule has 0 N–H and O–H groups in total. The highest BCUT2D eigenvalue weighted by Gasteiger charge is 2.31. The fraction of sp³-hybridized carbons (Fsp3) is 0.273. The number of aromatic nitrogens is 5. The van der Waals surface area contributed by atoms with Crippen molar-refractivity contribution in [3.8, 4) is 17.1 Å². The van der Waals surface area contributed by atoms with Gasteiger partial charge in [0.25, 0.3) is 0 Å². The minimum Gasteiger partial charge on any atom is -0.419 e. The molecule has 0 aliphatic heterocycles. The zero-order chi connectivity index (χ0) is 19.8. The quantitative estimate of drug-likeness (QED) is 0.404. The van der Waals surface area contributed by atoms with Crippen molar-refractivity contribution >= 4 is 11.8 Å². The molecule has 0 spiro atoms. The minimum absolute atomic E-state index is 0.0419. The molecule has 29 heavy (non-hydrogen) atoms. The topological polar surface area (TPSA) is 69.6 Å². The Morgan fingerprint density at radius 2 is 1.83 bits per heavy atom. The monoisotopic (exact) mass is 403 g/mol. The fourth-order valence-corrected chi connectivity index (χ4v) is 4.19. The lowest BCUT2D eigenvalue weighted by atomic mass is 10.1. The summed E-state index contributed by atoms with van der Waals surface area (Å²) < 4.78 is 8.13. The SMILES string of the molecule is Cc1cccc(-c2nnc([C@H](C)Sc3nnc(C4CC4)n3-c3ccccc3)o2)c1.